The molecule has 1 amide bonds. The highest BCUT2D eigenvalue weighted by atomic mass is 35.5. The molecule has 0 unspecified atom stereocenters. The molecule has 0 atom stereocenters. The second-order valence-corrected chi connectivity index (χ2v) is 5.28. The number of nitrogens with zero attached hydrogens (tertiary/aromatic N) is 1. The molecule has 0 aliphatic carbocycles. The SMILES string of the molecule is CCN(Cc1ccccc1N)C(=O)Cc1ccccc1Cl. The molecular weight excluding hydrogens is 284 g/mol. The highest BCUT2D eigenvalue weighted by Gasteiger charge is 2.15. The fourth-order valence-electron chi connectivity index (χ4n) is 2.18. The molecule has 2 aromatic carbocycles. The van der Waals surface area contributed by atoms with Crippen molar-refractivity contribution in [2.24, 2.45) is 0 Å². The van der Waals surface area contributed by atoms with Crippen LogP contribution in [0.3, 0.4) is 0 Å². The average molecular weight is 303 g/mol. The van der Waals surface area contributed by atoms with Crippen LogP contribution in [-0.2, 0) is 17.8 Å². The van der Waals surface area contributed by atoms with E-state index in [2.05, 4.69) is 0 Å². The molecule has 2 N–H and O–H groups in total. The van der Waals surface area contributed by atoms with Crippen molar-refractivity contribution < 1.29 is 4.79 Å². The lowest BCUT2D eigenvalue weighted by atomic mass is 10.1. The zero-order valence-electron chi connectivity index (χ0n) is 12.1. The van der Waals surface area contributed by atoms with Gasteiger partial charge in [0.25, 0.3) is 0 Å². The van der Waals surface area contributed by atoms with E-state index in [1.54, 1.807) is 11.0 Å². The summed E-state index contributed by atoms with van der Waals surface area (Å²) >= 11 is 6.11. The number of nitrogens with two attached hydrogens (primary N) is 1. The van der Waals surface area contributed by atoms with Crippen LogP contribution in [0.1, 0.15) is 18.1 Å². The van der Waals surface area contributed by atoms with Gasteiger partial charge in [0, 0.05) is 23.8 Å². The van der Waals surface area contributed by atoms with Crippen LogP contribution in [0.25, 0.3) is 0 Å². The number of nitrogen functional groups attached to an aromatic ring is 1. The van der Waals surface area contributed by atoms with E-state index in [9.17, 15) is 4.79 Å². The van der Waals surface area contributed by atoms with E-state index >= 15 is 0 Å². The smallest absolute Gasteiger partial charge is 0.227 e. The van der Waals surface area contributed by atoms with Gasteiger partial charge in [0.15, 0.2) is 0 Å². The molecule has 0 aromatic heterocycles. The Hall–Kier alpha value is -2.00. The maximum atomic E-state index is 12.4. The minimum Gasteiger partial charge on any atom is -0.398 e. The van der Waals surface area contributed by atoms with Gasteiger partial charge in [-0.3, -0.25) is 4.79 Å². The van der Waals surface area contributed by atoms with Crippen molar-refractivity contribution in [1.82, 2.24) is 4.90 Å². The summed E-state index contributed by atoms with van der Waals surface area (Å²) in [4.78, 5) is 14.2. The third kappa shape index (κ3) is 3.99. The zero-order chi connectivity index (χ0) is 15.2. The molecule has 21 heavy (non-hydrogen) atoms. The summed E-state index contributed by atoms with van der Waals surface area (Å²) in [5, 5.41) is 0.626. The molecule has 4 heteroatoms. The molecule has 0 saturated carbocycles. The zero-order valence-corrected chi connectivity index (χ0v) is 12.8. The van der Waals surface area contributed by atoms with E-state index in [0.29, 0.717) is 30.2 Å². The predicted octanol–water partition coefficient (Wildman–Crippen LogP) is 3.51. The first kappa shape index (κ1) is 15.4. The van der Waals surface area contributed by atoms with Crippen molar-refractivity contribution in [2.75, 3.05) is 12.3 Å². The van der Waals surface area contributed by atoms with Gasteiger partial charge in [-0.1, -0.05) is 48.0 Å². The first-order valence-electron chi connectivity index (χ1n) is 6.96. The van der Waals surface area contributed by atoms with Crippen LogP contribution >= 0.6 is 11.6 Å². The van der Waals surface area contributed by atoms with Crippen molar-refractivity contribution in [3.63, 3.8) is 0 Å². The quantitative estimate of drug-likeness (QED) is 0.859. The minimum atomic E-state index is 0.0499. The van der Waals surface area contributed by atoms with E-state index in [1.165, 1.54) is 0 Å². The highest BCUT2D eigenvalue weighted by Crippen LogP contribution is 2.18. The van der Waals surface area contributed by atoms with Gasteiger partial charge in [-0.2, -0.15) is 0 Å². The number of carbonyl (C=O) groups excluding carboxylic acids is 1. The average Bonchev–Trinajstić information content (AvgIpc) is 2.48. The van der Waals surface area contributed by atoms with Crippen LogP contribution < -0.4 is 5.73 Å². The number of carbonyl (C=O) groups is 1. The van der Waals surface area contributed by atoms with Crippen molar-refractivity contribution in [1.29, 1.82) is 0 Å². The largest absolute Gasteiger partial charge is 0.398 e. The molecule has 0 spiro atoms. The van der Waals surface area contributed by atoms with E-state index in [0.717, 1.165) is 11.1 Å². The number of amides is 1. The number of likely N-dealkylation sites (N-methyl/N-ethyl adjacent to an activating group) is 1. The van der Waals surface area contributed by atoms with Crippen molar-refractivity contribution >= 4 is 23.2 Å². The van der Waals surface area contributed by atoms with Gasteiger partial charge in [0.05, 0.1) is 6.42 Å². The molecule has 110 valence electrons. The lowest BCUT2D eigenvalue weighted by Gasteiger charge is -2.22. The van der Waals surface area contributed by atoms with Gasteiger partial charge in [-0.05, 0) is 30.2 Å². The molecule has 0 saturated heterocycles. The van der Waals surface area contributed by atoms with Crippen LogP contribution in [0.2, 0.25) is 5.02 Å². The van der Waals surface area contributed by atoms with Gasteiger partial charge in [-0.25, -0.2) is 0 Å². The predicted molar refractivity (Wildman–Crippen MR) is 87.1 cm³/mol. The summed E-state index contributed by atoms with van der Waals surface area (Å²) in [7, 11) is 0. The Kier molecular flexibility index (Phi) is 5.23. The van der Waals surface area contributed by atoms with Gasteiger partial charge >= 0.3 is 0 Å². The third-order valence-electron chi connectivity index (χ3n) is 3.45. The summed E-state index contributed by atoms with van der Waals surface area (Å²) < 4.78 is 0. The molecule has 0 aliphatic heterocycles. The Labute approximate surface area is 130 Å². The van der Waals surface area contributed by atoms with Gasteiger partial charge < -0.3 is 10.6 Å². The first-order valence-corrected chi connectivity index (χ1v) is 7.34. The van der Waals surface area contributed by atoms with Crippen LogP contribution in [0, 0.1) is 0 Å². The summed E-state index contributed by atoms with van der Waals surface area (Å²) in [6.45, 7) is 3.12. The Bertz CT molecular complexity index is 628. The number of hydrogen-bond donors (Lipinski definition) is 1. The third-order valence-corrected chi connectivity index (χ3v) is 3.82. The van der Waals surface area contributed by atoms with E-state index in [1.807, 2.05) is 49.4 Å². The number of rotatable bonds is 5. The lowest BCUT2D eigenvalue weighted by Crippen LogP contribution is -2.32. The lowest BCUT2D eigenvalue weighted by molar-refractivity contribution is -0.130. The molecule has 0 aliphatic rings. The van der Waals surface area contributed by atoms with Crippen LogP contribution in [0.4, 0.5) is 5.69 Å². The summed E-state index contributed by atoms with van der Waals surface area (Å²) in [5.41, 5.74) is 8.47. The molecule has 2 aromatic rings. The van der Waals surface area contributed by atoms with Gasteiger partial charge in [0.2, 0.25) is 5.91 Å². The van der Waals surface area contributed by atoms with Crippen LogP contribution in [0.15, 0.2) is 48.5 Å². The van der Waals surface area contributed by atoms with Crippen molar-refractivity contribution in [3.05, 3.63) is 64.7 Å². The van der Waals surface area contributed by atoms with Crippen molar-refractivity contribution in [3.8, 4) is 0 Å². The summed E-state index contributed by atoms with van der Waals surface area (Å²) in [6, 6.07) is 15.0. The number of benzene rings is 2. The Morgan fingerprint density at radius 1 is 1.10 bits per heavy atom. The summed E-state index contributed by atoms with van der Waals surface area (Å²) in [6.07, 6.45) is 0.306. The monoisotopic (exact) mass is 302 g/mol. The van der Waals surface area contributed by atoms with Crippen molar-refractivity contribution in [2.45, 2.75) is 19.9 Å². The fourth-order valence-corrected chi connectivity index (χ4v) is 2.38. The second-order valence-electron chi connectivity index (χ2n) is 4.87. The van der Waals surface area contributed by atoms with Gasteiger partial charge in [0.1, 0.15) is 0 Å². The number of para-hydroxylation sites is 1. The molecule has 0 fully saturated rings. The van der Waals surface area contributed by atoms with E-state index in [4.69, 9.17) is 17.3 Å². The molecule has 2 rings (SSSR count). The maximum absolute atomic E-state index is 12.4. The van der Waals surface area contributed by atoms with Crippen LogP contribution in [-0.4, -0.2) is 17.4 Å². The van der Waals surface area contributed by atoms with Crippen LogP contribution in [0.5, 0.6) is 0 Å². The van der Waals surface area contributed by atoms with E-state index in [-0.39, 0.29) is 5.91 Å². The molecule has 0 radical (unpaired) electrons. The fraction of sp³-hybridized carbons (Fsp3) is 0.235. The second kappa shape index (κ2) is 7.14. The minimum absolute atomic E-state index is 0.0499. The normalized spacial score (nSPS) is 10.4. The number of halogens is 1. The Balaban J connectivity index is 2.09. The standard InChI is InChI=1S/C17H19ClN2O/c1-2-20(12-14-8-4-6-10-16(14)19)17(21)11-13-7-3-5-9-15(13)18/h3-10H,2,11-12,19H2,1H3. The number of hydrogen-bond acceptors (Lipinski definition) is 2. The molecule has 3 nitrogen and oxygen atoms in total. The number of anilines is 1. The summed E-state index contributed by atoms with van der Waals surface area (Å²) in [5.74, 6) is 0.0499. The molecular formula is C17H19ClN2O. The topological polar surface area (TPSA) is 46.3 Å². The highest BCUT2D eigenvalue weighted by molar-refractivity contribution is 6.31. The molecule has 0 heterocycles. The van der Waals surface area contributed by atoms with E-state index < -0.39 is 0 Å². The Morgan fingerprint density at radius 3 is 2.33 bits per heavy atom. The molecule has 0 bridgehead atoms. The first-order chi connectivity index (χ1) is 10.1. The maximum Gasteiger partial charge on any atom is 0.227 e. The Morgan fingerprint density at radius 2 is 1.71 bits per heavy atom. The van der Waals surface area contributed by atoms with Gasteiger partial charge in [-0.15, -0.1) is 0 Å².